The molecule has 0 fully saturated rings. The van der Waals surface area contributed by atoms with Crippen molar-refractivity contribution in [3.8, 4) is 5.75 Å². The van der Waals surface area contributed by atoms with E-state index in [-0.39, 0.29) is 5.41 Å². The number of rotatable bonds is 3. The van der Waals surface area contributed by atoms with Gasteiger partial charge in [-0.25, -0.2) is 4.98 Å². The highest BCUT2D eigenvalue weighted by atomic mass is 32.1. The maximum Gasteiger partial charge on any atom is 0.148 e. The molecule has 118 valence electrons. The van der Waals surface area contributed by atoms with Crippen LogP contribution in [0.15, 0.2) is 24.4 Å². The van der Waals surface area contributed by atoms with Gasteiger partial charge in [0.05, 0.1) is 24.9 Å². The number of nitrogens with one attached hydrogen (secondary N) is 1. The Kier molecular flexibility index (Phi) is 4.10. The van der Waals surface area contributed by atoms with Crippen LogP contribution in [0.2, 0.25) is 0 Å². The summed E-state index contributed by atoms with van der Waals surface area (Å²) >= 11 is 1.73. The second-order valence-electron chi connectivity index (χ2n) is 6.60. The van der Waals surface area contributed by atoms with Crippen LogP contribution < -0.4 is 10.1 Å². The predicted octanol–water partition coefficient (Wildman–Crippen LogP) is 3.87. The van der Waals surface area contributed by atoms with E-state index >= 15 is 0 Å². The van der Waals surface area contributed by atoms with E-state index in [1.807, 2.05) is 24.4 Å². The second kappa shape index (κ2) is 5.89. The molecule has 1 aliphatic heterocycles. The lowest BCUT2D eigenvalue weighted by atomic mass is 9.96. The van der Waals surface area contributed by atoms with Gasteiger partial charge < -0.3 is 15.2 Å². The van der Waals surface area contributed by atoms with Crippen LogP contribution in [0.4, 0.5) is 5.69 Å². The van der Waals surface area contributed by atoms with E-state index in [9.17, 15) is 5.11 Å². The van der Waals surface area contributed by atoms with Crippen LogP contribution in [-0.2, 0) is 12.0 Å². The lowest BCUT2D eigenvalue weighted by molar-refractivity contribution is 0.116. The van der Waals surface area contributed by atoms with Gasteiger partial charge in [-0.1, -0.05) is 32.9 Å². The summed E-state index contributed by atoms with van der Waals surface area (Å²) in [4.78, 5) is 5.77. The first kappa shape index (κ1) is 15.3. The predicted molar refractivity (Wildman–Crippen MR) is 89.7 cm³/mol. The van der Waals surface area contributed by atoms with Crippen molar-refractivity contribution < 1.29 is 9.84 Å². The van der Waals surface area contributed by atoms with Crippen molar-refractivity contribution >= 4 is 17.0 Å². The molecule has 2 N–H and O–H groups in total. The van der Waals surface area contributed by atoms with Gasteiger partial charge in [0.1, 0.15) is 10.8 Å². The van der Waals surface area contributed by atoms with Crippen molar-refractivity contribution in [2.24, 2.45) is 0 Å². The number of anilines is 1. The third-order valence-electron chi connectivity index (χ3n) is 3.77. The van der Waals surface area contributed by atoms with Crippen molar-refractivity contribution in [1.29, 1.82) is 0 Å². The third-order valence-corrected chi connectivity index (χ3v) is 5.19. The van der Waals surface area contributed by atoms with Crippen LogP contribution in [-0.4, -0.2) is 16.7 Å². The van der Waals surface area contributed by atoms with Crippen LogP contribution in [0.5, 0.6) is 5.75 Å². The molecule has 1 aromatic heterocycles. The minimum Gasteiger partial charge on any atom is -0.491 e. The molecule has 0 aliphatic carbocycles. The summed E-state index contributed by atoms with van der Waals surface area (Å²) in [5.74, 6) is 0.772. The van der Waals surface area contributed by atoms with Gasteiger partial charge in [0.15, 0.2) is 0 Å². The van der Waals surface area contributed by atoms with Crippen LogP contribution >= 0.6 is 11.3 Å². The quantitative estimate of drug-likeness (QED) is 0.902. The number of fused-ring (bicyclic) bond motifs is 1. The number of para-hydroxylation sites is 1. The molecule has 0 saturated carbocycles. The van der Waals surface area contributed by atoms with Gasteiger partial charge in [0.25, 0.3) is 0 Å². The van der Waals surface area contributed by atoms with Crippen molar-refractivity contribution in [3.63, 3.8) is 0 Å². The highest BCUT2D eigenvalue weighted by molar-refractivity contribution is 7.11. The van der Waals surface area contributed by atoms with Gasteiger partial charge in [0, 0.05) is 23.1 Å². The molecule has 0 saturated heterocycles. The molecule has 1 atom stereocenters. The number of aromatic nitrogens is 1. The molecular weight excluding hydrogens is 296 g/mol. The smallest absolute Gasteiger partial charge is 0.148 e. The summed E-state index contributed by atoms with van der Waals surface area (Å²) in [5, 5.41) is 14.5. The van der Waals surface area contributed by atoms with E-state index < -0.39 is 6.10 Å². The molecule has 0 radical (unpaired) electrons. The molecular formula is C17H22N2O2S. The minimum atomic E-state index is -0.433. The molecule has 0 amide bonds. The van der Waals surface area contributed by atoms with Crippen molar-refractivity contribution in [1.82, 2.24) is 4.98 Å². The Bertz CT molecular complexity index is 661. The monoisotopic (exact) mass is 318 g/mol. The van der Waals surface area contributed by atoms with E-state index in [1.165, 1.54) is 4.88 Å². The lowest BCUT2D eigenvalue weighted by Crippen LogP contribution is -2.15. The number of hydrogen-bond donors (Lipinski definition) is 2. The fraction of sp³-hybridized carbons (Fsp3) is 0.471. The number of thiazole rings is 1. The Balaban J connectivity index is 1.75. The van der Waals surface area contributed by atoms with E-state index in [2.05, 4.69) is 31.1 Å². The van der Waals surface area contributed by atoms with Crippen LogP contribution in [0.3, 0.4) is 0 Å². The third kappa shape index (κ3) is 3.10. The number of nitrogens with zero attached hydrogens (tertiary/aromatic N) is 1. The topological polar surface area (TPSA) is 54.4 Å². The number of benzene rings is 1. The van der Waals surface area contributed by atoms with E-state index in [4.69, 9.17) is 4.74 Å². The molecule has 5 heteroatoms. The summed E-state index contributed by atoms with van der Waals surface area (Å²) in [6, 6.07) is 5.85. The number of ether oxygens (including phenoxy) is 1. The zero-order valence-corrected chi connectivity index (χ0v) is 14.0. The van der Waals surface area contributed by atoms with E-state index in [0.29, 0.717) is 19.6 Å². The highest BCUT2D eigenvalue weighted by Gasteiger charge is 2.22. The maximum absolute atomic E-state index is 10.0. The first-order valence-electron chi connectivity index (χ1n) is 7.58. The summed E-state index contributed by atoms with van der Waals surface area (Å²) in [6.07, 6.45) is 2.18. The molecule has 2 aromatic rings. The Hall–Kier alpha value is -1.59. The van der Waals surface area contributed by atoms with E-state index in [1.54, 1.807) is 11.3 Å². The molecule has 1 aliphatic rings. The molecule has 3 rings (SSSR count). The molecule has 2 heterocycles. The largest absolute Gasteiger partial charge is 0.491 e. The van der Waals surface area contributed by atoms with Crippen molar-refractivity contribution in [3.05, 3.63) is 39.8 Å². The molecule has 0 spiro atoms. The normalized spacial score (nSPS) is 17.7. The summed E-state index contributed by atoms with van der Waals surface area (Å²) in [6.45, 7) is 7.80. The number of hydrogen-bond acceptors (Lipinski definition) is 5. The van der Waals surface area contributed by atoms with Gasteiger partial charge in [-0.2, -0.15) is 0 Å². The Morgan fingerprint density at radius 3 is 2.95 bits per heavy atom. The molecule has 1 unspecified atom stereocenters. The maximum atomic E-state index is 10.0. The first-order valence-corrected chi connectivity index (χ1v) is 8.39. The summed E-state index contributed by atoms with van der Waals surface area (Å²) in [5.41, 5.74) is 1.92. The Labute approximate surface area is 135 Å². The lowest BCUT2D eigenvalue weighted by Gasteiger charge is -2.24. The number of aliphatic hydroxyl groups is 1. The Morgan fingerprint density at radius 2 is 2.23 bits per heavy atom. The molecule has 0 bridgehead atoms. The first-order chi connectivity index (χ1) is 10.4. The minimum absolute atomic E-state index is 0.134. The average Bonchev–Trinajstić information content (AvgIpc) is 2.95. The molecule has 1 aromatic carbocycles. The van der Waals surface area contributed by atoms with Gasteiger partial charge in [-0.15, -0.1) is 11.3 Å². The van der Waals surface area contributed by atoms with Gasteiger partial charge in [-0.3, -0.25) is 0 Å². The SMILES string of the molecule is CC(C)(C)c1cnc(CNc2cccc3c2OCCC3O)s1. The van der Waals surface area contributed by atoms with Crippen molar-refractivity contribution in [2.75, 3.05) is 11.9 Å². The number of aliphatic hydroxyl groups excluding tert-OH is 1. The fourth-order valence-electron chi connectivity index (χ4n) is 2.46. The van der Waals surface area contributed by atoms with Crippen LogP contribution in [0.25, 0.3) is 0 Å². The summed E-state index contributed by atoms with van der Waals surface area (Å²) < 4.78 is 5.73. The van der Waals surface area contributed by atoms with E-state index in [0.717, 1.165) is 22.0 Å². The van der Waals surface area contributed by atoms with Gasteiger partial charge >= 0.3 is 0 Å². The van der Waals surface area contributed by atoms with Gasteiger partial charge in [0.2, 0.25) is 0 Å². The Morgan fingerprint density at radius 1 is 1.41 bits per heavy atom. The van der Waals surface area contributed by atoms with Crippen LogP contribution in [0, 0.1) is 0 Å². The zero-order valence-electron chi connectivity index (χ0n) is 13.2. The van der Waals surface area contributed by atoms with Gasteiger partial charge in [-0.05, 0) is 11.5 Å². The molecule has 4 nitrogen and oxygen atoms in total. The standard InChI is InChI=1S/C17H22N2O2S/c1-17(2,3)14-9-19-15(22-14)10-18-12-6-4-5-11-13(20)7-8-21-16(11)12/h4-6,9,13,18,20H,7-8,10H2,1-3H3. The second-order valence-corrected chi connectivity index (χ2v) is 7.71. The van der Waals surface area contributed by atoms with Crippen LogP contribution in [0.1, 0.15) is 48.7 Å². The zero-order chi connectivity index (χ0) is 15.7. The average molecular weight is 318 g/mol. The van der Waals surface area contributed by atoms with Crippen molar-refractivity contribution in [2.45, 2.75) is 45.3 Å². The highest BCUT2D eigenvalue weighted by Crippen LogP contribution is 2.38. The molecule has 22 heavy (non-hydrogen) atoms. The summed E-state index contributed by atoms with van der Waals surface area (Å²) in [7, 11) is 0. The fourth-order valence-corrected chi connectivity index (χ4v) is 3.37.